The van der Waals surface area contributed by atoms with Crippen molar-refractivity contribution in [2.75, 3.05) is 20.1 Å². The average Bonchev–Trinajstić information content (AvgIpc) is 2.67. The molecule has 0 aromatic heterocycles. The van der Waals surface area contributed by atoms with Crippen LogP contribution in [-0.2, 0) is 30.5 Å². The minimum atomic E-state index is -0.967. The van der Waals surface area contributed by atoms with Gasteiger partial charge in [-0.25, -0.2) is 4.79 Å². The molecule has 1 saturated heterocycles. The summed E-state index contributed by atoms with van der Waals surface area (Å²) in [6.07, 6.45) is -0.0364. The zero-order valence-electron chi connectivity index (χ0n) is 14.5. The molecule has 0 radical (unpaired) electrons. The van der Waals surface area contributed by atoms with Crippen LogP contribution >= 0.6 is 0 Å². The van der Waals surface area contributed by atoms with Gasteiger partial charge in [-0.15, -0.1) is 0 Å². The molecule has 1 aromatic rings. The third-order valence-corrected chi connectivity index (χ3v) is 4.08. The number of likely N-dealkylation sites (N-methyl/N-ethyl adjacent to an activating group) is 1. The number of ether oxygens (including phenoxy) is 1. The van der Waals surface area contributed by atoms with E-state index in [1.807, 2.05) is 30.3 Å². The molecule has 2 rings (SSSR count). The average molecular weight is 359 g/mol. The fourth-order valence-electron chi connectivity index (χ4n) is 2.75. The summed E-state index contributed by atoms with van der Waals surface area (Å²) >= 11 is 0. The summed E-state index contributed by atoms with van der Waals surface area (Å²) < 4.78 is 5.18. The first-order chi connectivity index (χ1) is 12.5. The van der Waals surface area contributed by atoms with Gasteiger partial charge in [0.15, 0.2) is 0 Å². The molecule has 1 fully saturated rings. The van der Waals surface area contributed by atoms with Crippen molar-refractivity contribution in [2.24, 2.45) is 5.73 Å². The number of piperazine rings is 1. The standard InChI is InChI=1S/C18H21N3O5/c1-20-10-14(11-22)21(16(23)9-19)15(18(20)25)7-8-17(24)26-12-13-5-3-2-4-6-13/h2-6,15H,7-10,12,19H2,1H3. The van der Waals surface area contributed by atoms with Crippen LogP contribution in [0.15, 0.2) is 36.0 Å². The van der Waals surface area contributed by atoms with Crippen molar-refractivity contribution in [3.63, 3.8) is 0 Å². The normalized spacial score (nSPS) is 17.1. The highest BCUT2D eigenvalue weighted by Crippen LogP contribution is 2.21. The summed E-state index contributed by atoms with van der Waals surface area (Å²) in [6.45, 7) is -0.247. The number of carbonyl (C=O) groups is 3. The topological polar surface area (TPSA) is 110 Å². The summed E-state index contributed by atoms with van der Waals surface area (Å²) in [6, 6.07) is 8.22. The van der Waals surface area contributed by atoms with E-state index in [1.165, 1.54) is 11.9 Å². The number of esters is 1. The van der Waals surface area contributed by atoms with Crippen molar-refractivity contribution in [3.8, 4) is 0 Å². The van der Waals surface area contributed by atoms with Gasteiger partial charge in [-0.3, -0.25) is 19.3 Å². The predicted octanol–water partition coefficient (Wildman–Crippen LogP) is -0.147. The predicted molar refractivity (Wildman–Crippen MR) is 92.0 cm³/mol. The van der Waals surface area contributed by atoms with E-state index in [-0.39, 0.29) is 44.1 Å². The second-order valence-corrected chi connectivity index (χ2v) is 5.91. The lowest BCUT2D eigenvalue weighted by atomic mass is 10.0. The molecule has 1 atom stereocenters. The van der Waals surface area contributed by atoms with E-state index < -0.39 is 17.9 Å². The SMILES string of the molecule is CN1CC(=C=O)N(C(=O)CN)C(CCC(=O)OCc2ccccc2)C1=O. The van der Waals surface area contributed by atoms with Crippen LogP contribution in [0.5, 0.6) is 0 Å². The largest absolute Gasteiger partial charge is 0.461 e. The minimum absolute atomic E-state index is 0.0248. The van der Waals surface area contributed by atoms with Crippen LogP contribution < -0.4 is 5.73 Å². The highest BCUT2D eigenvalue weighted by molar-refractivity contribution is 5.93. The minimum Gasteiger partial charge on any atom is -0.461 e. The molecule has 0 bridgehead atoms. The van der Waals surface area contributed by atoms with Crippen LogP contribution in [0, 0.1) is 0 Å². The molecule has 2 amide bonds. The summed E-state index contributed by atoms with van der Waals surface area (Å²) in [5.41, 5.74) is 6.26. The molecule has 1 heterocycles. The molecule has 2 N–H and O–H groups in total. The van der Waals surface area contributed by atoms with Crippen LogP contribution in [0.1, 0.15) is 18.4 Å². The quantitative estimate of drug-likeness (QED) is 0.559. The van der Waals surface area contributed by atoms with E-state index in [0.717, 1.165) is 10.5 Å². The van der Waals surface area contributed by atoms with Gasteiger partial charge in [-0.2, -0.15) is 0 Å². The first-order valence-corrected chi connectivity index (χ1v) is 8.18. The van der Waals surface area contributed by atoms with Crippen LogP contribution in [0.4, 0.5) is 0 Å². The highest BCUT2D eigenvalue weighted by Gasteiger charge is 2.39. The third kappa shape index (κ3) is 4.56. The lowest BCUT2D eigenvalue weighted by Crippen LogP contribution is -2.57. The fourth-order valence-corrected chi connectivity index (χ4v) is 2.75. The van der Waals surface area contributed by atoms with Gasteiger partial charge in [-0.05, 0) is 12.0 Å². The number of hydrogen-bond donors (Lipinski definition) is 1. The van der Waals surface area contributed by atoms with Gasteiger partial charge in [0.05, 0.1) is 13.1 Å². The number of amides is 2. The second kappa shape index (κ2) is 8.94. The van der Waals surface area contributed by atoms with Crippen LogP contribution in [0.2, 0.25) is 0 Å². The Morgan fingerprint density at radius 2 is 2.00 bits per heavy atom. The Balaban J connectivity index is 2.01. The Bertz CT molecular complexity index is 728. The molecule has 1 aliphatic heterocycles. The maximum Gasteiger partial charge on any atom is 0.306 e. The van der Waals surface area contributed by atoms with Gasteiger partial charge in [-0.1, -0.05) is 30.3 Å². The van der Waals surface area contributed by atoms with Crippen molar-refractivity contribution < 1.29 is 23.9 Å². The second-order valence-electron chi connectivity index (χ2n) is 5.91. The van der Waals surface area contributed by atoms with Crippen LogP contribution in [0.25, 0.3) is 0 Å². The molecule has 138 valence electrons. The van der Waals surface area contributed by atoms with Gasteiger partial charge in [0, 0.05) is 13.5 Å². The zero-order valence-corrected chi connectivity index (χ0v) is 14.5. The summed E-state index contributed by atoms with van der Waals surface area (Å²) in [7, 11) is 1.52. The van der Waals surface area contributed by atoms with Crippen molar-refractivity contribution >= 4 is 23.7 Å². The molecule has 0 saturated carbocycles. The summed E-state index contributed by atoms with van der Waals surface area (Å²) in [5.74, 6) is 0.275. The van der Waals surface area contributed by atoms with Gasteiger partial charge < -0.3 is 15.4 Å². The Hall–Kier alpha value is -2.96. The first kappa shape index (κ1) is 19.4. The molecule has 1 unspecified atom stereocenters. The molecule has 1 aromatic carbocycles. The van der Waals surface area contributed by atoms with Crippen molar-refractivity contribution in [2.45, 2.75) is 25.5 Å². The van der Waals surface area contributed by atoms with E-state index in [0.29, 0.717) is 0 Å². The molecule has 0 spiro atoms. The first-order valence-electron chi connectivity index (χ1n) is 8.18. The number of nitrogens with two attached hydrogens (primary N) is 1. The Kier molecular flexibility index (Phi) is 6.66. The molecule has 8 nitrogen and oxygen atoms in total. The van der Waals surface area contributed by atoms with E-state index >= 15 is 0 Å². The van der Waals surface area contributed by atoms with E-state index in [9.17, 15) is 19.2 Å². The molecule has 8 heteroatoms. The number of nitrogens with zero attached hydrogens (tertiary/aromatic N) is 2. The monoisotopic (exact) mass is 359 g/mol. The van der Waals surface area contributed by atoms with Gasteiger partial charge in [0.2, 0.25) is 11.8 Å². The molecule has 26 heavy (non-hydrogen) atoms. The molecule has 0 aliphatic carbocycles. The summed E-state index contributed by atoms with van der Waals surface area (Å²) in [4.78, 5) is 50.0. The van der Waals surface area contributed by atoms with Crippen LogP contribution in [-0.4, -0.2) is 59.7 Å². The highest BCUT2D eigenvalue weighted by atomic mass is 16.5. The maximum atomic E-state index is 12.4. The zero-order chi connectivity index (χ0) is 19.1. The number of carbonyl (C=O) groups excluding carboxylic acids is 4. The van der Waals surface area contributed by atoms with E-state index in [2.05, 4.69) is 0 Å². The van der Waals surface area contributed by atoms with Crippen LogP contribution in [0.3, 0.4) is 0 Å². The third-order valence-electron chi connectivity index (χ3n) is 4.08. The summed E-state index contributed by atoms with van der Waals surface area (Å²) in [5, 5.41) is 0. The number of hydrogen-bond acceptors (Lipinski definition) is 6. The van der Waals surface area contributed by atoms with E-state index in [4.69, 9.17) is 10.5 Å². The van der Waals surface area contributed by atoms with Crippen molar-refractivity contribution in [1.29, 1.82) is 0 Å². The lowest BCUT2D eigenvalue weighted by Gasteiger charge is -2.39. The fraction of sp³-hybridized carbons (Fsp3) is 0.389. The van der Waals surface area contributed by atoms with Gasteiger partial charge >= 0.3 is 5.97 Å². The number of benzene rings is 1. The van der Waals surface area contributed by atoms with Gasteiger partial charge in [0.25, 0.3) is 0 Å². The molecule has 1 aliphatic rings. The van der Waals surface area contributed by atoms with E-state index in [1.54, 1.807) is 5.94 Å². The Morgan fingerprint density at radius 3 is 2.62 bits per heavy atom. The number of rotatable bonds is 6. The molecular formula is C18H21N3O5. The lowest BCUT2D eigenvalue weighted by molar-refractivity contribution is -0.149. The van der Waals surface area contributed by atoms with Crippen molar-refractivity contribution in [1.82, 2.24) is 9.80 Å². The van der Waals surface area contributed by atoms with Crippen molar-refractivity contribution in [3.05, 3.63) is 41.6 Å². The smallest absolute Gasteiger partial charge is 0.306 e. The Labute approximate surface area is 151 Å². The Morgan fingerprint density at radius 1 is 1.31 bits per heavy atom. The van der Waals surface area contributed by atoms with Gasteiger partial charge in [0.1, 0.15) is 24.3 Å². The molecular weight excluding hydrogens is 338 g/mol. The maximum absolute atomic E-state index is 12.4.